The minimum Gasteiger partial charge on any atom is -0.350 e. The van der Waals surface area contributed by atoms with Crippen LogP contribution in [-0.4, -0.2) is 15.9 Å². The van der Waals surface area contributed by atoms with Gasteiger partial charge in [-0.15, -0.1) is 22.7 Å². The molecule has 0 spiro atoms. The largest absolute Gasteiger partial charge is 0.350 e. The number of aryl methyl sites for hydroxylation is 1. The molecule has 0 aliphatic heterocycles. The van der Waals surface area contributed by atoms with Crippen LogP contribution in [0.1, 0.15) is 46.9 Å². The first-order valence-electron chi connectivity index (χ1n) is 7.48. The van der Waals surface area contributed by atoms with Crippen LogP contribution in [0.3, 0.4) is 0 Å². The second kappa shape index (κ2) is 5.21. The molecule has 0 atom stereocenters. The molecule has 0 saturated heterocycles. The maximum Gasteiger partial charge on any atom is 0.268 e. The highest BCUT2D eigenvalue weighted by atomic mass is 32.1. The van der Waals surface area contributed by atoms with E-state index in [1.807, 2.05) is 24.4 Å². The number of nitrogens with one attached hydrogen (secondary N) is 2. The molecular weight excluding hydrogens is 314 g/mol. The summed E-state index contributed by atoms with van der Waals surface area (Å²) in [6.45, 7) is 2.00. The van der Waals surface area contributed by atoms with Crippen molar-refractivity contribution in [3.8, 4) is 0 Å². The number of thiazole rings is 1. The third-order valence-corrected chi connectivity index (χ3v) is 6.35. The van der Waals surface area contributed by atoms with Crippen LogP contribution in [0.15, 0.2) is 22.9 Å². The van der Waals surface area contributed by atoms with Gasteiger partial charge in [0.1, 0.15) is 10.7 Å². The number of carbonyl (C=O) groups is 1. The Morgan fingerprint density at radius 3 is 2.86 bits per heavy atom. The second-order valence-electron chi connectivity index (χ2n) is 5.92. The Balaban J connectivity index is 1.64. The molecule has 4 nitrogen and oxygen atoms in total. The van der Waals surface area contributed by atoms with Crippen LogP contribution in [0.5, 0.6) is 0 Å². The number of aromatic nitrogens is 2. The van der Waals surface area contributed by atoms with Gasteiger partial charge in [-0.3, -0.25) is 4.79 Å². The highest BCUT2D eigenvalue weighted by Gasteiger charge is 2.40. The Kier molecular flexibility index (Phi) is 3.31. The summed E-state index contributed by atoms with van der Waals surface area (Å²) in [6, 6.07) is 3.94. The highest BCUT2D eigenvalue weighted by molar-refractivity contribution is 7.17. The zero-order valence-electron chi connectivity index (χ0n) is 12.3. The van der Waals surface area contributed by atoms with Crippen molar-refractivity contribution in [1.82, 2.24) is 15.3 Å². The van der Waals surface area contributed by atoms with E-state index in [1.54, 1.807) is 22.7 Å². The van der Waals surface area contributed by atoms with Gasteiger partial charge in [0.15, 0.2) is 0 Å². The maximum atomic E-state index is 12.7. The number of aromatic amines is 1. The van der Waals surface area contributed by atoms with Crippen molar-refractivity contribution in [3.05, 3.63) is 39.3 Å². The molecule has 0 bridgehead atoms. The molecule has 1 saturated carbocycles. The van der Waals surface area contributed by atoms with Gasteiger partial charge in [-0.2, -0.15) is 0 Å². The van der Waals surface area contributed by atoms with E-state index in [1.165, 1.54) is 0 Å². The van der Waals surface area contributed by atoms with Gasteiger partial charge >= 0.3 is 0 Å². The summed E-state index contributed by atoms with van der Waals surface area (Å²) < 4.78 is 1.12. The molecule has 0 unspecified atom stereocenters. The van der Waals surface area contributed by atoms with Gasteiger partial charge in [-0.05, 0) is 37.3 Å². The Bertz CT molecular complexity index is 795. The van der Waals surface area contributed by atoms with Crippen LogP contribution in [0, 0.1) is 6.92 Å². The number of amides is 1. The number of nitrogens with zero attached hydrogens (tertiary/aromatic N) is 1. The molecule has 4 rings (SSSR count). The molecular formula is C16H17N3OS2. The normalized spacial score (nSPS) is 17.1. The molecule has 3 heterocycles. The molecule has 0 radical (unpaired) electrons. The Morgan fingerprint density at radius 1 is 1.36 bits per heavy atom. The lowest BCUT2D eigenvalue weighted by atomic mass is 9.98. The van der Waals surface area contributed by atoms with Crippen molar-refractivity contribution in [2.24, 2.45) is 0 Å². The fourth-order valence-electron chi connectivity index (χ4n) is 3.20. The van der Waals surface area contributed by atoms with E-state index in [9.17, 15) is 4.79 Å². The van der Waals surface area contributed by atoms with Crippen LogP contribution in [0.2, 0.25) is 0 Å². The van der Waals surface area contributed by atoms with Gasteiger partial charge < -0.3 is 10.3 Å². The minimum atomic E-state index is -0.283. The van der Waals surface area contributed by atoms with Crippen molar-refractivity contribution in [1.29, 1.82) is 0 Å². The summed E-state index contributed by atoms with van der Waals surface area (Å²) >= 11 is 3.30. The van der Waals surface area contributed by atoms with Crippen LogP contribution < -0.4 is 5.32 Å². The monoisotopic (exact) mass is 331 g/mol. The Hall–Kier alpha value is -1.66. The Labute approximate surface area is 136 Å². The van der Waals surface area contributed by atoms with Crippen molar-refractivity contribution in [3.63, 3.8) is 0 Å². The molecule has 3 aromatic rings. The lowest BCUT2D eigenvalue weighted by Gasteiger charge is -2.28. The first-order valence-corrected chi connectivity index (χ1v) is 9.24. The van der Waals surface area contributed by atoms with Crippen molar-refractivity contribution in [2.45, 2.75) is 38.1 Å². The van der Waals surface area contributed by atoms with Gasteiger partial charge in [-0.1, -0.05) is 12.8 Å². The molecule has 2 N–H and O–H groups in total. The standard InChI is InChI=1S/C16H17N3OS2/c1-10-9-22-15(17-10)16(5-2-3-6-16)19-14(20)12-8-13-11(18-12)4-7-21-13/h4,7-9,18H,2-3,5-6H2,1H3,(H,19,20). The van der Waals surface area contributed by atoms with E-state index in [-0.39, 0.29) is 11.4 Å². The second-order valence-corrected chi connectivity index (χ2v) is 7.72. The Morgan fingerprint density at radius 2 is 2.18 bits per heavy atom. The molecule has 3 aromatic heterocycles. The van der Waals surface area contributed by atoms with E-state index >= 15 is 0 Å². The number of carbonyl (C=O) groups excluding carboxylic acids is 1. The van der Waals surface area contributed by atoms with E-state index in [0.717, 1.165) is 46.6 Å². The zero-order chi connectivity index (χ0) is 15.2. The minimum absolute atomic E-state index is 0.0295. The number of hydrogen-bond acceptors (Lipinski definition) is 4. The topological polar surface area (TPSA) is 57.8 Å². The van der Waals surface area contributed by atoms with Gasteiger partial charge in [0.2, 0.25) is 0 Å². The SMILES string of the molecule is Cc1csc(C2(NC(=O)c3cc4sccc4[nH]3)CCCC2)n1. The first-order chi connectivity index (χ1) is 10.7. The number of rotatable bonds is 3. The summed E-state index contributed by atoms with van der Waals surface area (Å²) in [5, 5.41) is 8.41. The lowest BCUT2D eigenvalue weighted by molar-refractivity contribution is 0.0893. The van der Waals surface area contributed by atoms with Crippen LogP contribution >= 0.6 is 22.7 Å². The summed E-state index contributed by atoms with van der Waals surface area (Å²) in [4.78, 5) is 20.5. The average molecular weight is 331 g/mol. The van der Waals surface area contributed by atoms with Gasteiger partial charge in [0, 0.05) is 11.1 Å². The van der Waals surface area contributed by atoms with Gasteiger partial charge in [0.25, 0.3) is 5.91 Å². The quantitative estimate of drug-likeness (QED) is 0.756. The van der Waals surface area contributed by atoms with Crippen molar-refractivity contribution < 1.29 is 4.79 Å². The number of thiophene rings is 1. The molecule has 1 fully saturated rings. The molecule has 0 aromatic carbocycles. The summed E-state index contributed by atoms with van der Waals surface area (Å²) in [5.74, 6) is -0.0295. The predicted molar refractivity (Wildman–Crippen MR) is 90.6 cm³/mol. The number of hydrogen-bond donors (Lipinski definition) is 2. The zero-order valence-corrected chi connectivity index (χ0v) is 13.9. The number of H-pyrrole nitrogens is 1. The van der Waals surface area contributed by atoms with Crippen LogP contribution in [0.4, 0.5) is 0 Å². The molecule has 1 aliphatic carbocycles. The number of fused-ring (bicyclic) bond motifs is 1. The fourth-order valence-corrected chi connectivity index (χ4v) is 4.99. The molecule has 6 heteroatoms. The molecule has 1 amide bonds. The lowest BCUT2D eigenvalue weighted by Crippen LogP contribution is -2.43. The van der Waals surface area contributed by atoms with E-state index in [2.05, 4.69) is 20.7 Å². The summed E-state index contributed by atoms with van der Waals surface area (Å²) in [6.07, 6.45) is 4.22. The van der Waals surface area contributed by atoms with Crippen molar-refractivity contribution in [2.75, 3.05) is 0 Å². The third-order valence-electron chi connectivity index (χ3n) is 4.32. The maximum absolute atomic E-state index is 12.7. The molecule has 1 aliphatic rings. The molecule has 114 valence electrons. The van der Waals surface area contributed by atoms with E-state index in [4.69, 9.17) is 0 Å². The van der Waals surface area contributed by atoms with Crippen LogP contribution in [0.25, 0.3) is 10.2 Å². The summed E-state index contributed by atoms with van der Waals surface area (Å²) in [7, 11) is 0. The van der Waals surface area contributed by atoms with Crippen LogP contribution in [-0.2, 0) is 5.54 Å². The average Bonchev–Trinajstić information content (AvgIpc) is 3.20. The van der Waals surface area contributed by atoms with E-state index < -0.39 is 0 Å². The van der Waals surface area contributed by atoms with E-state index in [0.29, 0.717) is 5.69 Å². The van der Waals surface area contributed by atoms with Gasteiger partial charge in [-0.25, -0.2) is 4.98 Å². The van der Waals surface area contributed by atoms with Gasteiger partial charge in [0.05, 0.1) is 15.8 Å². The summed E-state index contributed by atoms with van der Waals surface area (Å²) in [5.41, 5.74) is 2.41. The highest BCUT2D eigenvalue weighted by Crippen LogP contribution is 2.40. The fraction of sp³-hybridized carbons (Fsp3) is 0.375. The van der Waals surface area contributed by atoms with Crippen molar-refractivity contribution >= 4 is 38.8 Å². The smallest absolute Gasteiger partial charge is 0.268 e. The predicted octanol–water partition coefficient (Wildman–Crippen LogP) is 4.19. The third kappa shape index (κ3) is 2.27. The molecule has 22 heavy (non-hydrogen) atoms. The first kappa shape index (κ1) is 14.0.